The van der Waals surface area contributed by atoms with Crippen LogP contribution in [0.3, 0.4) is 0 Å². The molecule has 0 bridgehead atoms. The first kappa shape index (κ1) is 12.3. The molecule has 0 aliphatic rings. The topological polar surface area (TPSA) is 82.0 Å². The van der Waals surface area contributed by atoms with E-state index in [2.05, 4.69) is 4.98 Å². The second-order valence-corrected chi connectivity index (χ2v) is 4.36. The van der Waals surface area contributed by atoms with Gasteiger partial charge in [-0.1, -0.05) is 30.3 Å². The number of benzene rings is 1. The van der Waals surface area contributed by atoms with Crippen molar-refractivity contribution in [3.63, 3.8) is 0 Å². The molecule has 2 rings (SSSR count). The summed E-state index contributed by atoms with van der Waals surface area (Å²) in [6.45, 7) is 1.68. The Kier molecular flexibility index (Phi) is 3.12. The average Bonchev–Trinajstić information content (AvgIpc) is 2.39. The van der Waals surface area contributed by atoms with Crippen molar-refractivity contribution in [2.24, 2.45) is 5.73 Å². The number of carbonyl (C=O) groups is 1. The first-order chi connectivity index (χ1) is 8.53. The van der Waals surface area contributed by atoms with E-state index in [1.807, 2.05) is 30.3 Å². The van der Waals surface area contributed by atoms with Gasteiger partial charge in [0.25, 0.3) is 0 Å². The fourth-order valence-electron chi connectivity index (χ4n) is 1.79. The van der Waals surface area contributed by atoms with Gasteiger partial charge in [-0.05, 0) is 18.6 Å². The molecule has 0 spiro atoms. The number of nitrogens with two attached hydrogens (primary N) is 2. The Morgan fingerprint density at radius 3 is 2.50 bits per heavy atom. The van der Waals surface area contributed by atoms with Gasteiger partial charge in [-0.15, -0.1) is 0 Å². The maximum Gasteiger partial charge on any atom is 0.190 e. The minimum atomic E-state index is -1.11. The summed E-state index contributed by atoms with van der Waals surface area (Å²) in [5.41, 5.74) is 12.3. The highest BCUT2D eigenvalue weighted by atomic mass is 16.1. The molecule has 0 fully saturated rings. The number of Topliss-reactive ketones (excluding diaryl/α,β-unsaturated/α-hetero) is 1. The monoisotopic (exact) mass is 241 g/mol. The normalized spacial score (nSPS) is 13.9. The summed E-state index contributed by atoms with van der Waals surface area (Å²) in [5.74, 6) is -0.237. The SMILES string of the molecule is CC(N)(C(=O)c1cnccc1N)c1ccccc1. The Morgan fingerprint density at radius 2 is 1.89 bits per heavy atom. The molecule has 0 radical (unpaired) electrons. The van der Waals surface area contributed by atoms with Crippen LogP contribution in [-0.2, 0) is 5.54 Å². The second-order valence-electron chi connectivity index (χ2n) is 4.36. The van der Waals surface area contributed by atoms with Crippen molar-refractivity contribution in [2.75, 3.05) is 5.73 Å². The second kappa shape index (κ2) is 4.58. The summed E-state index contributed by atoms with van der Waals surface area (Å²) < 4.78 is 0. The molecule has 1 heterocycles. The maximum atomic E-state index is 12.4. The Bertz CT molecular complexity index is 564. The van der Waals surface area contributed by atoms with E-state index in [1.54, 1.807) is 19.2 Å². The Balaban J connectivity index is 2.43. The van der Waals surface area contributed by atoms with Crippen molar-refractivity contribution in [3.05, 3.63) is 59.9 Å². The number of nitrogen functional groups attached to an aromatic ring is 1. The highest BCUT2D eigenvalue weighted by Gasteiger charge is 2.32. The molecular weight excluding hydrogens is 226 g/mol. The van der Waals surface area contributed by atoms with Crippen molar-refractivity contribution >= 4 is 11.5 Å². The highest BCUT2D eigenvalue weighted by Crippen LogP contribution is 2.24. The Labute approximate surface area is 106 Å². The van der Waals surface area contributed by atoms with Crippen molar-refractivity contribution in [1.82, 2.24) is 4.98 Å². The first-order valence-electron chi connectivity index (χ1n) is 5.62. The first-order valence-corrected chi connectivity index (χ1v) is 5.62. The van der Waals surface area contributed by atoms with Crippen molar-refractivity contribution in [3.8, 4) is 0 Å². The summed E-state index contributed by atoms with van der Waals surface area (Å²) in [6, 6.07) is 10.8. The largest absolute Gasteiger partial charge is 0.398 e. The molecule has 0 aliphatic heterocycles. The van der Waals surface area contributed by atoms with Gasteiger partial charge in [-0.25, -0.2) is 0 Å². The molecule has 1 aromatic carbocycles. The van der Waals surface area contributed by atoms with E-state index in [0.29, 0.717) is 11.3 Å². The highest BCUT2D eigenvalue weighted by molar-refractivity contribution is 6.06. The lowest BCUT2D eigenvalue weighted by molar-refractivity contribution is 0.0900. The molecule has 0 saturated carbocycles. The molecule has 18 heavy (non-hydrogen) atoms. The van der Waals surface area contributed by atoms with Crippen LogP contribution in [0.4, 0.5) is 5.69 Å². The standard InChI is InChI=1S/C14H15N3O/c1-14(16,10-5-3-2-4-6-10)13(18)11-9-17-8-7-12(11)15/h2-9H,16H2,1H3,(H2,15,17). The molecular formula is C14H15N3O. The quantitative estimate of drug-likeness (QED) is 0.801. The Hall–Kier alpha value is -2.20. The zero-order valence-corrected chi connectivity index (χ0v) is 10.1. The fraction of sp³-hybridized carbons (Fsp3) is 0.143. The lowest BCUT2D eigenvalue weighted by Gasteiger charge is -2.24. The number of nitrogens with zero attached hydrogens (tertiary/aromatic N) is 1. The number of hydrogen-bond donors (Lipinski definition) is 2. The molecule has 4 N–H and O–H groups in total. The van der Waals surface area contributed by atoms with Crippen LogP contribution in [0.15, 0.2) is 48.8 Å². The predicted octanol–water partition coefficient (Wildman–Crippen LogP) is 1.72. The number of carbonyl (C=O) groups excluding carboxylic acids is 1. The summed E-state index contributed by atoms with van der Waals surface area (Å²) >= 11 is 0. The molecule has 0 saturated heterocycles. The smallest absolute Gasteiger partial charge is 0.190 e. The van der Waals surface area contributed by atoms with E-state index < -0.39 is 5.54 Å². The van der Waals surface area contributed by atoms with Gasteiger partial charge >= 0.3 is 0 Å². The van der Waals surface area contributed by atoms with Gasteiger partial charge in [-0.2, -0.15) is 0 Å². The molecule has 1 aromatic heterocycles. The lowest BCUT2D eigenvalue weighted by Crippen LogP contribution is -2.42. The number of ketones is 1. The molecule has 0 amide bonds. The van der Waals surface area contributed by atoms with Gasteiger partial charge in [0.2, 0.25) is 0 Å². The molecule has 4 nitrogen and oxygen atoms in total. The fourth-order valence-corrected chi connectivity index (χ4v) is 1.79. The molecule has 92 valence electrons. The third-order valence-corrected chi connectivity index (χ3v) is 2.94. The van der Waals surface area contributed by atoms with Gasteiger partial charge < -0.3 is 11.5 Å². The van der Waals surface area contributed by atoms with Gasteiger partial charge in [-0.3, -0.25) is 9.78 Å². The molecule has 0 aliphatic carbocycles. The van der Waals surface area contributed by atoms with Crippen LogP contribution in [0, 0.1) is 0 Å². The number of anilines is 1. The van der Waals surface area contributed by atoms with E-state index in [4.69, 9.17) is 11.5 Å². The number of rotatable bonds is 3. The van der Waals surface area contributed by atoms with Crippen LogP contribution in [0.25, 0.3) is 0 Å². The van der Waals surface area contributed by atoms with E-state index in [1.165, 1.54) is 6.20 Å². The van der Waals surface area contributed by atoms with Crippen molar-refractivity contribution in [1.29, 1.82) is 0 Å². The number of pyridine rings is 1. The lowest BCUT2D eigenvalue weighted by atomic mass is 9.85. The summed E-state index contributed by atoms with van der Waals surface area (Å²) in [6.07, 6.45) is 2.99. The van der Waals surface area contributed by atoms with Crippen LogP contribution in [0.2, 0.25) is 0 Å². The molecule has 1 unspecified atom stereocenters. The zero-order chi connectivity index (χ0) is 13.2. The maximum absolute atomic E-state index is 12.4. The van der Waals surface area contributed by atoms with Crippen LogP contribution >= 0.6 is 0 Å². The van der Waals surface area contributed by atoms with E-state index >= 15 is 0 Å². The van der Waals surface area contributed by atoms with Gasteiger partial charge in [0.05, 0.1) is 5.56 Å². The summed E-state index contributed by atoms with van der Waals surface area (Å²) in [5, 5.41) is 0. The third kappa shape index (κ3) is 2.10. The molecule has 2 aromatic rings. The number of hydrogen-bond acceptors (Lipinski definition) is 4. The van der Waals surface area contributed by atoms with Gasteiger partial charge in [0.1, 0.15) is 5.54 Å². The van der Waals surface area contributed by atoms with Crippen LogP contribution in [0.5, 0.6) is 0 Å². The van der Waals surface area contributed by atoms with Crippen LogP contribution < -0.4 is 11.5 Å². The molecule has 4 heteroatoms. The van der Waals surface area contributed by atoms with E-state index in [-0.39, 0.29) is 5.78 Å². The summed E-state index contributed by atoms with van der Waals surface area (Å²) in [7, 11) is 0. The minimum absolute atomic E-state index is 0.237. The zero-order valence-electron chi connectivity index (χ0n) is 10.1. The van der Waals surface area contributed by atoms with E-state index in [9.17, 15) is 4.79 Å². The third-order valence-electron chi connectivity index (χ3n) is 2.94. The van der Waals surface area contributed by atoms with Crippen molar-refractivity contribution < 1.29 is 4.79 Å². The number of aromatic nitrogens is 1. The van der Waals surface area contributed by atoms with Gasteiger partial charge in [0, 0.05) is 18.1 Å². The minimum Gasteiger partial charge on any atom is -0.398 e. The Morgan fingerprint density at radius 1 is 1.22 bits per heavy atom. The van der Waals surface area contributed by atoms with Crippen molar-refractivity contribution in [2.45, 2.75) is 12.5 Å². The van der Waals surface area contributed by atoms with Crippen LogP contribution in [-0.4, -0.2) is 10.8 Å². The van der Waals surface area contributed by atoms with Gasteiger partial charge in [0.15, 0.2) is 5.78 Å². The molecule has 1 atom stereocenters. The average molecular weight is 241 g/mol. The summed E-state index contributed by atoms with van der Waals surface area (Å²) in [4.78, 5) is 16.4. The van der Waals surface area contributed by atoms with E-state index in [0.717, 1.165) is 5.56 Å². The predicted molar refractivity (Wildman–Crippen MR) is 71.0 cm³/mol. The van der Waals surface area contributed by atoms with Crippen LogP contribution in [0.1, 0.15) is 22.8 Å².